The molecule has 3 N–H and O–H groups in total. The maximum absolute atomic E-state index is 12.8. The topological polar surface area (TPSA) is 145 Å². The average Bonchev–Trinajstić information content (AvgIpc) is 2.68. The van der Waals surface area contributed by atoms with Crippen LogP contribution in [0.4, 0.5) is 11.5 Å². The highest BCUT2D eigenvalue weighted by molar-refractivity contribution is 7.89. The van der Waals surface area contributed by atoms with Crippen LogP contribution in [0.1, 0.15) is 29.9 Å². The predicted octanol–water partition coefficient (Wildman–Crippen LogP) is 1.19. The van der Waals surface area contributed by atoms with Crippen LogP contribution in [0.2, 0.25) is 0 Å². The molecule has 156 valence electrons. The Morgan fingerprint density at radius 1 is 1.17 bits per heavy atom. The third kappa shape index (κ3) is 5.27. The van der Waals surface area contributed by atoms with Gasteiger partial charge in [-0.15, -0.1) is 0 Å². The Bertz CT molecular complexity index is 1010. The highest BCUT2D eigenvalue weighted by Crippen LogP contribution is 2.23. The van der Waals surface area contributed by atoms with E-state index in [1.165, 1.54) is 22.8 Å². The summed E-state index contributed by atoms with van der Waals surface area (Å²) in [7, 11) is -3.69. The number of aromatic nitrogens is 2. The monoisotopic (exact) mass is 421 g/mol. The van der Waals surface area contributed by atoms with E-state index in [2.05, 4.69) is 15.3 Å². The number of nitrogens with zero attached hydrogens (tertiary/aromatic N) is 3. The molecule has 0 aliphatic carbocycles. The summed E-state index contributed by atoms with van der Waals surface area (Å²) in [6, 6.07) is 4.54. The molecule has 29 heavy (non-hydrogen) atoms. The zero-order valence-electron chi connectivity index (χ0n) is 16.4. The van der Waals surface area contributed by atoms with E-state index in [4.69, 9.17) is 10.5 Å². The third-order valence-corrected chi connectivity index (χ3v) is 6.24. The lowest BCUT2D eigenvalue weighted by atomic mass is 10.2. The van der Waals surface area contributed by atoms with Crippen LogP contribution < -0.4 is 11.1 Å². The van der Waals surface area contributed by atoms with E-state index in [1.54, 1.807) is 32.9 Å². The number of esters is 1. The summed E-state index contributed by atoms with van der Waals surface area (Å²) in [5, 5.41) is 2.51. The predicted molar refractivity (Wildman–Crippen MR) is 107 cm³/mol. The second-order valence-electron chi connectivity index (χ2n) is 5.98. The fourth-order valence-corrected chi connectivity index (χ4v) is 4.27. The van der Waals surface area contributed by atoms with Crippen molar-refractivity contribution in [2.24, 2.45) is 0 Å². The standard InChI is InChI=1S/C18H23N5O5S/c1-4-23(5-2)29(26,27)14-10-13(7-6-12(14)3)22-15(24)11-28-18(25)16-17(19)21-9-8-20-16/h6-10H,4-5,11H2,1-3H3,(H2,19,21)(H,22,24). The Balaban J connectivity index is 2.10. The van der Waals surface area contributed by atoms with Crippen molar-refractivity contribution < 1.29 is 22.7 Å². The molecule has 1 aromatic carbocycles. The van der Waals surface area contributed by atoms with Gasteiger partial charge in [0, 0.05) is 31.2 Å². The Kier molecular flexibility index (Phi) is 7.23. The molecule has 2 rings (SSSR count). The molecule has 11 heteroatoms. The first-order valence-electron chi connectivity index (χ1n) is 8.84. The van der Waals surface area contributed by atoms with Gasteiger partial charge in [-0.1, -0.05) is 19.9 Å². The summed E-state index contributed by atoms with van der Waals surface area (Å²) in [5.74, 6) is -1.64. The zero-order chi connectivity index (χ0) is 21.6. The minimum Gasteiger partial charge on any atom is -0.451 e. The minimum atomic E-state index is -3.69. The number of nitrogens with one attached hydrogen (secondary N) is 1. The number of sulfonamides is 1. The number of rotatable bonds is 8. The number of carbonyl (C=O) groups is 2. The van der Waals surface area contributed by atoms with Crippen molar-refractivity contribution >= 4 is 33.4 Å². The van der Waals surface area contributed by atoms with Crippen molar-refractivity contribution in [3.05, 3.63) is 41.9 Å². The number of hydrogen-bond acceptors (Lipinski definition) is 8. The summed E-state index contributed by atoms with van der Waals surface area (Å²) in [6.07, 6.45) is 2.59. The van der Waals surface area contributed by atoms with E-state index in [1.807, 2.05) is 0 Å². The number of amides is 1. The second-order valence-corrected chi connectivity index (χ2v) is 7.89. The van der Waals surface area contributed by atoms with E-state index in [0.717, 1.165) is 0 Å². The molecule has 1 aromatic heterocycles. The van der Waals surface area contributed by atoms with Gasteiger partial charge < -0.3 is 15.8 Å². The van der Waals surface area contributed by atoms with E-state index in [9.17, 15) is 18.0 Å². The SMILES string of the molecule is CCN(CC)S(=O)(=O)c1cc(NC(=O)COC(=O)c2nccnc2N)ccc1C. The van der Waals surface area contributed by atoms with E-state index >= 15 is 0 Å². The fraction of sp³-hybridized carbons (Fsp3) is 0.333. The first-order valence-corrected chi connectivity index (χ1v) is 10.3. The van der Waals surface area contributed by atoms with Crippen LogP contribution in [0.3, 0.4) is 0 Å². The second kappa shape index (κ2) is 9.43. The van der Waals surface area contributed by atoms with Crippen LogP contribution in [-0.2, 0) is 19.6 Å². The number of benzene rings is 1. The van der Waals surface area contributed by atoms with E-state index in [-0.39, 0.29) is 22.1 Å². The van der Waals surface area contributed by atoms with Gasteiger partial charge in [0.2, 0.25) is 10.0 Å². The molecule has 0 aliphatic rings. The molecule has 2 aromatic rings. The van der Waals surface area contributed by atoms with Crippen molar-refractivity contribution in [2.75, 3.05) is 30.7 Å². The maximum atomic E-state index is 12.8. The quantitative estimate of drug-likeness (QED) is 0.605. The molecule has 0 fully saturated rings. The molecule has 0 aliphatic heterocycles. The van der Waals surface area contributed by atoms with Gasteiger partial charge in [-0.25, -0.2) is 23.2 Å². The molecule has 0 spiro atoms. The van der Waals surface area contributed by atoms with Crippen LogP contribution in [0.5, 0.6) is 0 Å². The number of nitrogen functional groups attached to an aromatic ring is 1. The first kappa shape index (κ1) is 22.2. The lowest BCUT2D eigenvalue weighted by molar-refractivity contribution is -0.119. The molecule has 1 amide bonds. The van der Waals surface area contributed by atoms with Gasteiger partial charge in [0.15, 0.2) is 18.1 Å². The lowest BCUT2D eigenvalue weighted by Crippen LogP contribution is -2.31. The molecule has 1 heterocycles. The van der Waals surface area contributed by atoms with Crippen molar-refractivity contribution in [3.8, 4) is 0 Å². The molecular weight excluding hydrogens is 398 g/mol. The summed E-state index contributed by atoms with van der Waals surface area (Å²) in [5.41, 5.74) is 6.16. The van der Waals surface area contributed by atoms with Crippen molar-refractivity contribution in [1.29, 1.82) is 0 Å². The highest BCUT2D eigenvalue weighted by Gasteiger charge is 2.24. The average molecular weight is 421 g/mol. The summed E-state index contributed by atoms with van der Waals surface area (Å²) >= 11 is 0. The molecule has 0 radical (unpaired) electrons. The van der Waals surface area contributed by atoms with Gasteiger partial charge in [-0.05, 0) is 24.6 Å². The first-order chi connectivity index (χ1) is 13.7. The molecular formula is C18H23N5O5S. The molecule has 0 bridgehead atoms. The molecule has 0 saturated heterocycles. The van der Waals surface area contributed by atoms with Crippen LogP contribution in [0.15, 0.2) is 35.5 Å². The summed E-state index contributed by atoms with van der Waals surface area (Å²) in [4.78, 5) is 31.6. The van der Waals surface area contributed by atoms with Crippen LogP contribution >= 0.6 is 0 Å². The Hall–Kier alpha value is -3.05. The number of hydrogen-bond donors (Lipinski definition) is 2. The Labute approximate surface area is 169 Å². The van der Waals surface area contributed by atoms with E-state index < -0.39 is 28.5 Å². The molecule has 0 atom stereocenters. The van der Waals surface area contributed by atoms with Gasteiger partial charge in [-0.3, -0.25) is 4.79 Å². The number of nitrogens with two attached hydrogens (primary N) is 1. The molecule has 0 unspecified atom stereocenters. The van der Waals surface area contributed by atoms with Crippen LogP contribution in [-0.4, -0.2) is 54.3 Å². The Morgan fingerprint density at radius 2 is 1.83 bits per heavy atom. The highest BCUT2D eigenvalue weighted by atomic mass is 32.2. The summed E-state index contributed by atoms with van der Waals surface area (Å²) < 4.78 is 31.8. The van der Waals surface area contributed by atoms with Crippen molar-refractivity contribution in [2.45, 2.75) is 25.7 Å². The number of anilines is 2. The smallest absolute Gasteiger partial charge is 0.361 e. The molecule has 0 saturated carbocycles. The maximum Gasteiger partial charge on any atom is 0.361 e. The Morgan fingerprint density at radius 3 is 2.45 bits per heavy atom. The van der Waals surface area contributed by atoms with Gasteiger partial charge >= 0.3 is 5.97 Å². The minimum absolute atomic E-state index is 0.100. The van der Waals surface area contributed by atoms with Gasteiger partial charge in [0.25, 0.3) is 5.91 Å². The van der Waals surface area contributed by atoms with Gasteiger partial charge in [0.1, 0.15) is 0 Å². The van der Waals surface area contributed by atoms with Gasteiger partial charge in [-0.2, -0.15) is 4.31 Å². The van der Waals surface area contributed by atoms with Gasteiger partial charge in [0.05, 0.1) is 4.90 Å². The van der Waals surface area contributed by atoms with Crippen LogP contribution in [0, 0.1) is 6.92 Å². The fourth-order valence-electron chi connectivity index (χ4n) is 2.56. The normalized spacial score (nSPS) is 11.3. The third-order valence-electron chi connectivity index (χ3n) is 4.05. The van der Waals surface area contributed by atoms with Crippen LogP contribution in [0.25, 0.3) is 0 Å². The molecule has 10 nitrogen and oxygen atoms in total. The number of carbonyl (C=O) groups excluding carboxylic acids is 2. The van der Waals surface area contributed by atoms with Crippen molar-refractivity contribution in [1.82, 2.24) is 14.3 Å². The number of aryl methyl sites for hydroxylation is 1. The lowest BCUT2D eigenvalue weighted by Gasteiger charge is -2.20. The number of ether oxygens (including phenoxy) is 1. The summed E-state index contributed by atoms with van der Waals surface area (Å²) in [6.45, 7) is 5.24. The zero-order valence-corrected chi connectivity index (χ0v) is 17.2. The largest absolute Gasteiger partial charge is 0.451 e. The van der Waals surface area contributed by atoms with Crippen molar-refractivity contribution in [3.63, 3.8) is 0 Å². The van der Waals surface area contributed by atoms with E-state index in [0.29, 0.717) is 18.7 Å².